The second kappa shape index (κ2) is 9.82. The highest BCUT2D eigenvalue weighted by Gasteiger charge is 2.28. The van der Waals surface area contributed by atoms with Crippen LogP contribution in [0.25, 0.3) is 0 Å². The molecule has 0 spiro atoms. The Balaban J connectivity index is 2.08. The normalized spacial score (nSPS) is 13.7. The van der Waals surface area contributed by atoms with Crippen LogP contribution in [-0.2, 0) is 14.3 Å². The fourth-order valence-corrected chi connectivity index (χ4v) is 2.96. The van der Waals surface area contributed by atoms with Gasteiger partial charge in [0.15, 0.2) is 0 Å². The molecule has 1 aromatic rings. The van der Waals surface area contributed by atoms with Crippen LogP contribution in [0, 0.1) is 0 Å². The minimum absolute atomic E-state index is 0.127. The van der Waals surface area contributed by atoms with Gasteiger partial charge in [0, 0.05) is 39.2 Å². The molecule has 154 valence electrons. The molecule has 1 aromatic carbocycles. The fraction of sp³-hybridized carbons (Fsp3) is 0.526. The molecule has 3 amide bonds. The van der Waals surface area contributed by atoms with E-state index in [1.165, 1.54) is 26.0 Å². The lowest BCUT2D eigenvalue weighted by Gasteiger charge is -2.35. The number of hydrogen-bond acceptors (Lipinski definition) is 6. The molecule has 1 fully saturated rings. The molecule has 0 saturated carbocycles. The van der Waals surface area contributed by atoms with Gasteiger partial charge in [0.05, 0.1) is 26.5 Å². The molecule has 9 heteroatoms. The number of nitrogens with zero attached hydrogens (tertiary/aromatic N) is 3. The van der Waals surface area contributed by atoms with Crippen molar-refractivity contribution in [3.8, 4) is 11.5 Å². The summed E-state index contributed by atoms with van der Waals surface area (Å²) >= 11 is 0. The van der Waals surface area contributed by atoms with Crippen LogP contribution in [0.3, 0.4) is 0 Å². The molecule has 28 heavy (non-hydrogen) atoms. The van der Waals surface area contributed by atoms with E-state index in [0.29, 0.717) is 50.0 Å². The van der Waals surface area contributed by atoms with Crippen LogP contribution in [0.5, 0.6) is 11.5 Å². The Morgan fingerprint density at radius 3 is 2.21 bits per heavy atom. The highest BCUT2D eigenvalue weighted by molar-refractivity contribution is 5.99. The number of piperazine rings is 1. The first kappa shape index (κ1) is 21.3. The first-order valence-corrected chi connectivity index (χ1v) is 9.10. The van der Waals surface area contributed by atoms with Crippen LogP contribution >= 0.6 is 0 Å². The Morgan fingerprint density at radius 2 is 1.68 bits per heavy atom. The molecule has 2 rings (SSSR count). The maximum absolute atomic E-state index is 12.8. The smallest absolute Gasteiger partial charge is 0.409 e. The highest BCUT2D eigenvalue weighted by atomic mass is 16.6. The van der Waals surface area contributed by atoms with Crippen LogP contribution in [0.2, 0.25) is 0 Å². The van der Waals surface area contributed by atoms with Crippen molar-refractivity contribution in [3.63, 3.8) is 0 Å². The minimum atomic E-state index is -0.374. The molecule has 1 aliphatic rings. The molecule has 0 N–H and O–H groups in total. The van der Waals surface area contributed by atoms with E-state index in [0.717, 1.165) is 0 Å². The van der Waals surface area contributed by atoms with E-state index in [-0.39, 0.29) is 24.5 Å². The Labute approximate surface area is 164 Å². The molecule has 9 nitrogen and oxygen atoms in total. The summed E-state index contributed by atoms with van der Waals surface area (Å²) in [6.07, 6.45) is -0.374. The Kier molecular flexibility index (Phi) is 7.48. The lowest BCUT2D eigenvalue weighted by atomic mass is 10.2. The van der Waals surface area contributed by atoms with Gasteiger partial charge in [-0.25, -0.2) is 4.79 Å². The maximum atomic E-state index is 12.8. The van der Waals surface area contributed by atoms with Crippen molar-refractivity contribution in [1.82, 2.24) is 9.80 Å². The zero-order valence-electron chi connectivity index (χ0n) is 16.8. The van der Waals surface area contributed by atoms with Crippen LogP contribution in [0.4, 0.5) is 10.5 Å². The predicted octanol–water partition coefficient (Wildman–Crippen LogP) is 1.36. The van der Waals surface area contributed by atoms with Gasteiger partial charge in [0.1, 0.15) is 18.0 Å². The number of carbonyl (C=O) groups is 3. The summed E-state index contributed by atoms with van der Waals surface area (Å²) in [4.78, 5) is 41.4. The number of rotatable bonds is 6. The molecular formula is C19H27N3O6. The van der Waals surface area contributed by atoms with Crippen LogP contribution in [0.15, 0.2) is 18.2 Å². The molecule has 1 saturated heterocycles. The van der Waals surface area contributed by atoms with Gasteiger partial charge in [-0.05, 0) is 19.1 Å². The SMILES string of the molecule is CCOC(=O)N1CCN(C(=O)CN(C(C)=O)c2cc(OC)ccc2OC)CC1. The molecule has 1 heterocycles. The lowest BCUT2D eigenvalue weighted by Crippen LogP contribution is -2.53. The zero-order valence-corrected chi connectivity index (χ0v) is 16.8. The number of methoxy groups -OCH3 is 2. The molecule has 0 bridgehead atoms. The Hall–Kier alpha value is -2.97. The van der Waals surface area contributed by atoms with Crippen LogP contribution < -0.4 is 14.4 Å². The molecule has 0 unspecified atom stereocenters. The van der Waals surface area contributed by atoms with Gasteiger partial charge in [0.25, 0.3) is 0 Å². The van der Waals surface area contributed by atoms with E-state index in [9.17, 15) is 14.4 Å². The summed E-state index contributed by atoms with van der Waals surface area (Å²) in [7, 11) is 3.03. The van der Waals surface area contributed by atoms with Gasteiger partial charge >= 0.3 is 6.09 Å². The van der Waals surface area contributed by atoms with Crippen molar-refractivity contribution in [2.45, 2.75) is 13.8 Å². The lowest BCUT2D eigenvalue weighted by molar-refractivity contribution is -0.132. The van der Waals surface area contributed by atoms with Gasteiger partial charge in [-0.15, -0.1) is 0 Å². The molecule has 0 aliphatic carbocycles. The Morgan fingerprint density at radius 1 is 1.04 bits per heavy atom. The maximum Gasteiger partial charge on any atom is 0.409 e. The van der Waals surface area contributed by atoms with E-state index in [2.05, 4.69) is 0 Å². The summed E-state index contributed by atoms with van der Waals surface area (Å²) in [6, 6.07) is 5.07. The van der Waals surface area contributed by atoms with Crippen molar-refractivity contribution >= 4 is 23.6 Å². The van der Waals surface area contributed by atoms with Crippen molar-refractivity contribution in [2.75, 3.05) is 58.5 Å². The van der Waals surface area contributed by atoms with Crippen molar-refractivity contribution in [1.29, 1.82) is 0 Å². The molecule has 0 aromatic heterocycles. The van der Waals surface area contributed by atoms with Crippen molar-refractivity contribution < 1.29 is 28.6 Å². The van der Waals surface area contributed by atoms with E-state index >= 15 is 0 Å². The first-order chi connectivity index (χ1) is 13.4. The van der Waals surface area contributed by atoms with Gasteiger partial charge < -0.3 is 24.0 Å². The quantitative estimate of drug-likeness (QED) is 0.725. The summed E-state index contributed by atoms with van der Waals surface area (Å²) in [5.41, 5.74) is 0.466. The average molecular weight is 393 g/mol. The Bertz CT molecular complexity index is 716. The van der Waals surface area contributed by atoms with Gasteiger partial charge in [-0.3, -0.25) is 14.5 Å². The van der Waals surface area contributed by atoms with Gasteiger partial charge in [0.2, 0.25) is 11.8 Å². The standard InChI is InChI=1S/C19H27N3O6/c1-5-28-19(25)21-10-8-20(9-11-21)18(24)13-22(14(2)23)16-12-15(26-3)6-7-17(16)27-4/h6-7,12H,5,8-11,13H2,1-4H3. The minimum Gasteiger partial charge on any atom is -0.497 e. The average Bonchev–Trinajstić information content (AvgIpc) is 2.71. The summed E-state index contributed by atoms with van der Waals surface area (Å²) in [5.74, 6) is 0.530. The third kappa shape index (κ3) is 5.05. The summed E-state index contributed by atoms with van der Waals surface area (Å²) in [6.45, 7) is 4.90. The second-order valence-corrected chi connectivity index (χ2v) is 6.21. The number of anilines is 1. The fourth-order valence-electron chi connectivity index (χ4n) is 2.96. The number of benzene rings is 1. The van der Waals surface area contributed by atoms with Gasteiger partial charge in [-0.1, -0.05) is 0 Å². The second-order valence-electron chi connectivity index (χ2n) is 6.21. The number of hydrogen-bond donors (Lipinski definition) is 0. The third-order valence-electron chi connectivity index (χ3n) is 4.51. The molecule has 0 radical (unpaired) electrons. The monoisotopic (exact) mass is 393 g/mol. The van der Waals surface area contributed by atoms with Crippen LogP contribution in [-0.4, -0.2) is 81.3 Å². The molecular weight excluding hydrogens is 366 g/mol. The zero-order chi connectivity index (χ0) is 20.7. The summed E-state index contributed by atoms with van der Waals surface area (Å²) < 4.78 is 15.5. The number of carbonyl (C=O) groups excluding carboxylic acids is 3. The van der Waals surface area contributed by atoms with E-state index in [1.807, 2.05) is 0 Å². The largest absolute Gasteiger partial charge is 0.497 e. The van der Waals surface area contributed by atoms with E-state index < -0.39 is 0 Å². The topological polar surface area (TPSA) is 88.6 Å². The van der Waals surface area contributed by atoms with Crippen LogP contribution in [0.1, 0.15) is 13.8 Å². The van der Waals surface area contributed by atoms with E-state index in [1.54, 1.807) is 34.9 Å². The highest BCUT2D eigenvalue weighted by Crippen LogP contribution is 2.32. The summed E-state index contributed by atoms with van der Waals surface area (Å²) in [5, 5.41) is 0. The number of amides is 3. The third-order valence-corrected chi connectivity index (χ3v) is 4.51. The first-order valence-electron chi connectivity index (χ1n) is 9.10. The molecule has 1 aliphatic heterocycles. The van der Waals surface area contributed by atoms with Crippen molar-refractivity contribution in [2.24, 2.45) is 0 Å². The number of ether oxygens (including phenoxy) is 3. The molecule has 0 atom stereocenters. The van der Waals surface area contributed by atoms with E-state index in [4.69, 9.17) is 14.2 Å². The van der Waals surface area contributed by atoms with Crippen molar-refractivity contribution in [3.05, 3.63) is 18.2 Å². The van der Waals surface area contributed by atoms with Gasteiger partial charge in [-0.2, -0.15) is 0 Å². The predicted molar refractivity (Wildman–Crippen MR) is 103 cm³/mol.